The molecule has 3 rings (SSSR count). The fourth-order valence-electron chi connectivity index (χ4n) is 2.74. The Balaban J connectivity index is 2.09. The second kappa shape index (κ2) is 8.16. The monoisotopic (exact) mass is 368 g/mol. The number of nitrogens with one attached hydrogen (secondary N) is 1. The Morgan fingerprint density at radius 1 is 1.07 bits per heavy atom. The summed E-state index contributed by atoms with van der Waals surface area (Å²) in [5, 5.41) is 31.8. The molecule has 0 bridgehead atoms. The summed E-state index contributed by atoms with van der Waals surface area (Å²) in [6, 6.07) is 14.9. The Bertz CT molecular complexity index is 946. The third-order valence-corrected chi connectivity index (χ3v) is 4.14. The predicted octanol–water partition coefficient (Wildman–Crippen LogP) is 3.33. The number of anilines is 1. The van der Waals surface area contributed by atoms with Crippen LogP contribution in [0.1, 0.15) is 5.56 Å². The summed E-state index contributed by atoms with van der Waals surface area (Å²) in [5.74, 6) is 0.181. The molecular formula is C21H21FN2O3. The van der Waals surface area contributed by atoms with E-state index in [1.165, 1.54) is 12.1 Å². The highest BCUT2D eigenvalue weighted by molar-refractivity contribution is 5.76. The first kappa shape index (κ1) is 18.8. The van der Waals surface area contributed by atoms with Crippen molar-refractivity contribution in [2.24, 2.45) is 0 Å². The maximum absolute atomic E-state index is 13.7. The number of rotatable bonds is 6. The Morgan fingerprint density at radius 3 is 2.63 bits per heavy atom. The number of aryl methyl sites for hydroxylation is 1. The molecule has 2 aromatic carbocycles. The van der Waals surface area contributed by atoms with E-state index in [0.717, 1.165) is 5.56 Å². The first-order valence-electron chi connectivity index (χ1n) is 8.57. The molecule has 0 aliphatic heterocycles. The maximum Gasteiger partial charge on any atom is 0.127 e. The van der Waals surface area contributed by atoms with Gasteiger partial charge in [-0.1, -0.05) is 23.8 Å². The molecule has 4 N–H and O–H groups in total. The molecule has 0 aliphatic carbocycles. The Labute approximate surface area is 156 Å². The number of phenols is 1. The van der Waals surface area contributed by atoms with Crippen LogP contribution in [0.4, 0.5) is 10.2 Å². The topological polar surface area (TPSA) is 85.6 Å². The molecule has 5 nitrogen and oxygen atoms in total. The predicted molar refractivity (Wildman–Crippen MR) is 103 cm³/mol. The highest BCUT2D eigenvalue weighted by atomic mass is 19.1. The van der Waals surface area contributed by atoms with Crippen LogP contribution in [0.3, 0.4) is 0 Å². The van der Waals surface area contributed by atoms with Crippen LogP contribution in [0.5, 0.6) is 5.75 Å². The molecule has 1 atom stereocenters. The summed E-state index contributed by atoms with van der Waals surface area (Å²) in [4.78, 5) is 4.50. The lowest BCUT2D eigenvalue weighted by Crippen LogP contribution is -2.23. The Morgan fingerprint density at radius 2 is 1.89 bits per heavy atom. The summed E-state index contributed by atoms with van der Waals surface area (Å²) in [6.07, 6.45) is -0.930. The SMILES string of the molecule is Cc1ccc(O)c(-c2cc(-c3cccc(F)c3)cc(NCC(O)CO)n2)c1. The number of halogens is 1. The number of pyridine rings is 1. The van der Waals surface area contributed by atoms with Crippen molar-refractivity contribution in [3.63, 3.8) is 0 Å². The zero-order valence-electron chi connectivity index (χ0n) is 14.9. The quantitative estimate of drug-likeness (QED) is 0.536. The number of aliphatic hydroxyl groups excluding tert-OH is 2. The second-order valence-corrected chi connectivity index (χ2v) is 6.37. The largest absolute Gasteiger partial charge is 0.507 e. The van der Waals surface area contributed by atoms with Crippen molar-refractivity contribution in [1.29, 1.82) is 0 Å². The van der Waals surface area contributed by atoms with Crippen molar-refractivity contribution in [2.45, 2.75) is 13.0 Å². The van der Waals surface area contributed by atoms with Gasteiger partial charge >= 0.3 is 0 Å². The summed E-state index contributed by atoms with van der Waals surface area (Å²) in [6.45, 7) is 1.65. The minimum Gasteiger partial charge on any atom is -0.507 e. The number of phenolic OH excluding ortho intramolecular Hbond substituents is 1. The van der Waals surface area contributed by atoms with Gasteiger partial charge in [0.25, 0.3) is 0 Å². The van der Waals surface area contributed by atoms with Crippen molar-refractivity contribution < 1.29 is 19.7 Å². The highest BCUT2D eigenvalue weighted by Gasteiger charge is 2.12. The van der Waals surface area contributed by atoms with Gasteiger partial charge in [0.15, 0.2) is 0 Å². The van der Waals surface area contributed by atoms with Gasteiger partial charge in [-0.25, -0.2) is 9.37 Å². The summed E-state index contributed by atoms with van der Waals surface area (Å²) >= 11 is 0. The molecule has 0 spiro atoms. The number of aromatic nitrogens is 1. The van der Waals surface area contributed by atoms with Gasteiger partial charge in [0, 0.05) is 12.1 Å². The van der Waals surface area contributed by atoms with Crippen molar-refractivity contribution in [2.75, 3.05) is 18.5 Å². The minimum atomic E-state index is -0.930. The first-order chi connectivity index (χ1) is 13.0. The maximum atomic E-state index is 13.7. The van der Waals surface area contributed by atoms with Gasteiger partial charge in [0.05, 0.1) is 18.4 Å². The molecule has 1 aromatic heterocycles. The minimum absolute atomic E-state index is 0.0887. The van der Waals surface area contributed by atoms with E-state index >= 15 is 0 Å². The highest BCUT2D eigenvalue weighted by Crippen LogP contribution is 2.33. The molecular weight excluding hydrogens is 347 g/mol. The first-order valence-corrected chi connectivity index (χ1v) is 8.57. The molecule has 140 valence electrons. The second-order valence-electron chi connectivity index (χ2n) is 6.37. The van der Waals surface area contributed by atoms with Crippen LogP contribution in [-0.4, -0.2) is 39.6 Å². The number of nitrogens with zero attached hydrogens (tertiary/aromatic N) is 1. The standard InChI is InChI=1S/C21H21FN2O3/c1-13-5-6-20(27)18(7-13)19-9-15(14-3-2-4-16(22)8-14)10-21(24-19)23-11-17(26)12-25/h2-10,17,25-27H,11-12H2,1H3,(H,23,24). The molecule has 0 radical (unpaired) electrons. The van der Waals surface area contributed by atoms with Gasteiger partial charge < -0.3 is 20.6 Å². The van der Waals surface area contributed by atoms with E-state index in [2.05, 4.69) is 10.3 Å². The number of benzene rings is 2. The summed E-state index contributed by atoms with van der Waals surface area (Å²) < 4.78 is 13.7. The third kappa shape index (κ3) is 4.61. The molecule has 1 heterocycles. The van der Waals surface area contributed by atoms with Crippen molar-refractivity contribution in [3.05, 3.63) is 66.0 Å². The molecule has 0 saturated carbocycles. The van der Waals surface area contributed by atoms with E-state index in [-0.39, 0.29) is 24.7 Å². The van der Waals surface area contributed by atoms with Crippen LogP contribution >= 0.6 is 0 Å². The smallest absolute Gasteiger partial charge is 0.127 e. The average molecular weight is 368 g/mol. The summed E-state index contributed by atoms with van der Waals surface area (Å²) in [5.41, 5.74) is 3.40. The molecule has 0 saturated heterocycles. The van der Waals surface area contributed by atoms with Crippen LogP contribution in [-0.2, 0) is 0 Å². The number of hydrogen-bond acceptors (Lipinski definition) is 5. The number of hydrogen-bond donors (Lipinski definition) is 4. The Kier molecular flexibility index (Phi) is 5.69. The zero-order chi connectivity index (χ0) is 19.4. The zero-order valence-corrected chi connectivity index (χ0v) is 14.9. The van der Waals surface area contributed by atoms with Gasteiger partial charge in [-0.05, 0) is 54.4 Å². The molecule has 27 heavy (non-hydrogen) atoms. The molecule has 3 aromatic rings. The van der Waals surface area contributed by atoms with Crippen LogP contribution in [0.25, 0.3) is 22.4 Å². The average Bonchev–Trinajstić information content (AvgIpc) is 2.67. The molecule has 0 aliphatic rings. The van der Waals surface area contributed by atoms with Crippen LogP contribution in [0.15, 0.2) is 54.6 Å². The van der Waals surface area contributed by atoms with E-state index in [4.69, 9.17) is 5.11 Å². The van der Waals surface area contributed by atoms with Gasteiger partial charge in [0.1, 0.15) is 17.4 Å². The van der Waals surface area contributed by atoms with Gasteiger partial charge in [-0.3, -0.25) is 0 Å². The van der Waals surface area contributed by atoms with E-state index in [1.807, 2.05) is 13.0 Å². The molecule has 0 fully saturated rings. The van der Waals surface area contributed by atoms with Crippen LogP contribution in [0.2, 0.25) is 0 Å². The number of aliphatic hydroxyl groups is 2. The third-order valence-electron chi connectivity index (χ3n) is 4.14. The van der Waals surface area contributed by atoms with Crippen LogP contribution in [0, 0.1) is 12.7 Å². The number of aromatic hydroxyl groups is 1. The van der Waals surface area contributed by atoms with E-state index in [0.29, 0.717) is 28.2 Å². The lowest BCUT2D eigenvalue weighted by molar-refractivity contribution is 0.105. The molecule has 0 amide bonds. The van der Waals surface area contributed by atoms with Crippen molar-refractivity contribution in [3.8, 4) is 28.1 Å². The summed E-state index contributed by atoms with van der Waals surface area (Å²) in [7, 11) is 0. The van der Waals surface area contributed by atoms with Crippen LogP contribution < -0.4 is 5.32 Å². The van der Waals surface area contributed by atoms with E-state index < -0.39 is 6.10 Å². The molecule has 6 heteroatoms. The van der Waals surface area contributed by atoms with Gasteiger partial charge in [-0.15, -0.1) is 0 Å². The van der Waals surface area contributed by atoms with E-state index in [1.54, 1.807) is 36.4 Å². The van der Waals surface area contributed by atoms with Gasteiger partial charge in [0.2, 0.25) is 0 Å². The normalized spacial score (nSPS) is 12.0. The Hall–Kier alpha value is -2.96. The fraction of sp³-hybridized carbons (Fsp3) is 0.190. The van der Waals surface area contributed by atoms with Crippen molar-refractivity contribution in [1.82, 2.24) is 4.98 Å². The molecule has 1 unspecified atom stereocenters. The van der Waals surface area contributed by atoms with E-state index in [9.17, 15) is 14.6 Å². The lowest BCUT2D eigenvalue weighted by atomic mass is 10.0. The fourth-order valence-corrected chi connectivity index (χ4v) is 2.74. The lowest BCUT2D eigenvalue weighted by Gasteiger charge is -2.14. The van der Waals surface area contributed by atoms with Gasteiger partial charge in [-0.2, -0.15) is 0 Å². The van der Waals surface area contributed by atoms with Crippen molar-refractivity contribution >= 4 is 5.82 Å².